The van der Waals surface area contributed by atoms with Crippen LogP contribution in [0.25, 0.3) is 11.0 Å². The van der Waals surface area contributed by atoms with E-state index in [-0.39, 0.29) is 5.82 Å². The van der Waals surface area contributed by atoms with E-state index in [1.54, 1.807) is 6.07 Å². The number of β-amino-alcohol motifs (C(OH)–C–C–N with tert-alkyl or cyclic N) is 1. The minimum absolute atomic E-state index is 0.270. The lowest BCUT2D eigenvalue weighted by Crippen LogP contribution is -2.52. The van der Waals surface area contributed by atoms with Gasteiger partial charge in [0.15, 0.2) is 0 Å². The highest BCUT2D eigenvalue weighted by Crippen LogP contribution is 2.18. The van der Waals surface area contributed by atoms with E-state index in [4.69, 9.17) is 0 Å². The third-order valence-electron chi connectivity index (χ3n) is 3.93. The van der Waals surface area contributed by atoms with Crippen molar-refractivity contribution < 1.29 is 9.50 Å². The van der Waals surface area contributed by atoms with Crippen molar-refractivity contribution in [1.82, 2.24) is 20.2 Å². The van der Waals surface area contributed by atoms with Gasteiger partial charge in [-0.3, -0.25) is 4.90 Å². The van der Waals surface area contributed by atoms with Gasteiger partial charge in [0.05, 0.1) is 23.2 Å². The summed E-state index contributed by atoms with van der Waals surface area (Å²) in [7, 11) is 1.96. The molecule has 1 aliphatic rings. The molecule has 3 N–H and O–H groups in total. The molecule has 1 saturated heterocycles. The molecule has 0 spiro atoms. The molecule has 0 saturated carbocycles. The van der Waals surface area contributed by atoms with Gasteiger partial charge in [-0.25, -0.2) is 9.37 Å². The SMILES string of the molecule is CN(Cc1nc2ccc(F)cc2[nH]1)C[C@]1(O)CCCNC1. The number of imidazole rings is 1. The van der Waals surface area contributed by atoms with Crippen molar-refractivity contribution in [3.05, 3.63) is 29.8 Å². The van der Waals surface area contributed by atoms with Crippen LogP contribution in [0.5, 0.6) is 0 Å². The molecular formula is C15H21FN4O. The van der Waals surface area contributed by atoms with Crippen LogP contribution in [0.15, 0.2) is 18.2 Å². The average molecular weight is 292 g/mol. The molecule has 0 amide bonds. The van der Waals surface area contributed by atoms with Gasteiger partial charge in [0.1, 0.15) is 11.6 Å². The number of hydrogen-bond donors (Lipinski definition) is 3. The Morgan fingerprint density at radius 2 is 2.33 bits per heavy atom. The number of benzene rings is 1. The van der Waals surface area contributed by atoms with Gasteiger partial charge in [0, 0.05) is 13.1 Å². The second kappa shape index (κ2) is 5.71. The van der Waals surface area contributed by atoms with E-state index < -0.39 is 5.60 Å². The molecular weight excluding hydrogens is 271 g/mol. The van der Waals surface area contributed by atoms with Crippen LogP contribution in [-0.4, -0.2) is 52.3 Å². The zero-order chi connectivity index (χ0) is 14.9. The quantitative estimate of drug-likeness (QED) is 0.793. The summed E-state index contributed by atoms with van der Waals surface area (Å²) in [5.74, 6) is 0.513. The van der Waals surface area contributed by atoms with Gasteiger partial charge in [0.25, 0.3) is 0 Å². The molecule has 1 fully saturated rings. The Kier molecular flexibility index (Phi) is 3.93. The summed E-state index contributed by atoms with van der Waals surface area (Å²) in [6.07, 6.45) is 1.81. The van der Waals surface area contributed by atoms with E-state index >= 15 is 0 Å². The molecule has 0 unspecified atom stereocenters. The fourth-order valence-electron chi connectivity index (χ4n) is 3.01. The van der Waals surface area contributed by atoms with Gasteiger partial charge in [0.2, 0.25) is 0 Å². The molecule has 6 heteroatoms. The maximum absolute atomic E-state index is 13.2. The highest BCUT2D eigenvalue weighted by atomic mass is 19.1. The van der Waals surface area contributed by atoms with E-state index in [2.05, 4.69) is 15.3 Å². The minimum Gasteiger partial charge on any atom is -0.387 e. The number of likely N-dealkylation sites (N-methyl/N-ethyl adjacent to an activating group) is 1. The van der Waals surface area contributed by atoms with Crippen molar-refractivity contribution >= 4 is 11.0 Å². The number of nitrogens with zero attached hydrogens (tertiary/aromatic N) is 2. The van der Waals surface area contributed by atoms with Gasteiger partial charge in [-0.05, 0) is 44.6 Å². The van der Waals surface area contributed by atoms with E-state index in [1.807, 2.05) is 11.9 Å². The number of rotatable bonds is 4. The van der Waals surface area contributed by atoms with Gasteiger partial charge in [-0.2, -0.15) is 0 Å². The summed E-state index contributed by atoms with van der Waals surface area (Å²) in [6, 6.07) is 4.53. The van der Waals surface area contributed by atoms with Gasteiger partial charge < -0.3 is 15.4 Å². The Morgan fingerprint density at radius 3 is 3.10 bits per heavy atom. The van der Waals surface area contributed by atoms with E-state index in [9.17, 15) is 9.50 Å². The number of aromatic nitrogens is 2. The van der Waals surface area contributed by atoms with Crippen molar-refractivity contribution in [2.75, 3.05) is 26.7 Å². The third kappa shape index (κ3) is 3.40. The van der Waals surface area contributed by atoms with Gasteiger partial charge in [-0.1, -0.05) is 0 Å². The molecule has 114 valence electrons. The summed E-state index contributed by atoms with van der Waals surface area (Å²) < 4.78 is 13.2. The summed E-state index contributed by atoms with van der Waals surface area (Å²) in [4.78, 5) is 9.62. The molecule has 5 nitrogen and oxygen atoms in total. The lowest BCUT2D eigenvalue weighted by atomic mass is 9.94. The van der Waals surface area contributed by atoms with Gasteiger partial charge in [-0.15, -0.1) is 0 Å². The Hall–Kier alpha value is -1.50. The molecule has 21 heavy (non-hydrogen) atoms. The summed E-state index contributed by atoms with van der Waals surface area (Å²) >= 11 is 0. The topological polar surface area (TPSA) is 64.2 Å². The molecule has 1 aromatic carbocycles. The number of fused-ring (bicyclic) bond motifs is 1. The molecule has 0 bridgehead atoms. The number of aromatic amines is 1. The number of H-pyrrole nitrogens is 1. The van der Waals surface area contributed by atoms with Crippen LogP contribution < -0.4 is 5.32 Å². The predicted octanol–water partition coefficient (Wildman–Crippen LogP) is 1.25. The summed E-state index contributed by atoms with van der Waals surface area (Å²) in [6.45, 7) is 2.79. The standard InChI is InChI=1S/C15H21FN4O/c1-20(10-15(21)5-2-6-17-9-15)8-14-18-12-4-3-11(16)7-13(12)19-14/h3-4,7,17,21H,2,5-6,8-10H2,1H3,(H,18,19)/t15-/m0/s1. The van der Waals surface area contributed by atoms with Crippen LogP contribution in [0.3, 0.4) is 0 Å². The van der Waals surface area contributed by atoms with Crippen molar-refractivity contribution in [1.29, 1.82) is 0 Å². The van der Waals surface area contributed by atoms with Crippen LogP contribution in [-0.2, 0) is 6.54 Å². The Bertz CT molecular complexity index is 621. The van der Waals surface area contributed by atoms with Crippen LogP contribution >= 0.6 is 0 Å². The Balaban J connectivity index is 1.66. The maximum Gasteiger partial charge on any atom is 0.125 e. The normalized spacial score (nSPS) is 23.0. The highest BCUT2D eigenvalue weighted by Gasteiger charge is 2.30. The first-order valence-corrected chi connectivity index (χ1v) is 7.30. The van der Waals surface area contributed by atoms with E-state index in [0.29, 0.717) is 25.2 Å². The smallest absolute Gasteiger partial charge is 0.125 e. The van der Waals surface area contributed by atoms with E-state index in [0.717, 1.165) is 30.7 Å². The van der Waals surface area contributed by atoms with Crippen LogP contribution in [0.2, 0.25) is 0 Å². The molecule has 1 atom stereocenters. The number of hydrogen-bond acceptors (Lipinski definition) is 4. The zero-order valence-corrected chi connectivity index (χ0v) is 12.2. The first-order valence-electron chi connectivity index (χ1n) is 7.30. The maximum atomic E-state index is 13.2. The fraction of sp³-hybridized carbons (Fsp3) is 0.533. The third-order valence-corrected chi connectivity index (χ3v) is 3.93. The summed E-state index contributed by atoms with van der Waals surface area (Å²) in [5.41, 5.74) is 0.791. The molecule has 2 aromatic rings. The van der Waals surface area contributed by atoms with E-state index in [1.165, 1.54) is 12.1 Å². The lowest BCUT2D eigenvalue weighted by Gasteiger charge is -2.35. The molecule has 0 aliphatic carbocycles. The molecule has 2 heterocycles. The minimum atomic E-state index is -0.675. The highest BCUT2D eigenvalue weighted by molar-refractivity contribution is 5.74. The van der Waals surface area contributed by atoms with Crippen molar-refractivity contribution in [2.24, 2.45) is 0 Å². The zero-order valence-electron chi connectivity index (χ0n) is 12.2. The van der Waals surface area contributed by atoms with Crippen LogP contribution in [0.1, 0.15) is 18.7 Å². The number of aliphatic hydroxyl groups is 1. The first-order chi connectivity index (χ1) is 10.0. The lowest BCUT2D eigenvalue weighted by molar-refractivity contribution is -0.0116. The molecule has 0 radical (unpaired) electrons. The Morgan fingerprint density at radius 1 is 1.48 bits per heavy atom. The second-order valence-electron chi connectivity index (χ2n) is 6.02. The summed E-state index contributed by atoms with van der Waals surface area (Å²) in [5, 5.41) is 13.7. The largest absolute Gasteiger partial charge is 0.387 e. The fourth-order valence-corrected chi connectivity index (χ4v) is 3.01. The van der Waals surface area contributed by atoms with Crippen molar-refractivity contribution in [2.45, 2.75) is 25.0 Å². The van der Waals surface area contributed by atoms with Crippen LogP contribution in [0.4, 0.5) is 4.39 Å². The van der Waals surface area contributed by atoms with Crippen molar-refractivity contribution in [3.63, 3.8) is 0 Å². The molecule has 3 rings (SSSR count). The second-order valence-corrected chi connectivity index (χ2v) is 6.02. The Labute approximate surface area is 123 Å². The number of piperidine rings is 1. The average Bonchev–Trinajstić information content (AvgIpc) is 2.79. The molecule has 1 aliphatic heterocycles. The van der Waals surface area contributed by atoms with Crippen molar-refractivity contribution in [3.8, 4) is 0 Å². The predicted molar refractivity (Wildman–Crippen MR) is 79.4 cm³/mol. The first kappa shape index (κ1) is 14.4. The number of nitrogens with one attached hydrogen (secondary N) is 2. The van der Waals surface area contributed by atoms with Gasteiger partial charge >= 0.3 is 0 Å². The monoisotopic (exact) mass is 292 g/mol. The molecule has 1 aromatic heterocycles. The number of halogens is 1. The van der Waals surface area contributed by atoms with Crippen LogP contribution in [0, 0.1) is 5.82 Å².